The van der Waals surface area contributed by atoms with Crippen LogP contribution in [0.2, 0.25) is 0 Å². The molecule has 1 saturated carbocycles. The second kappa shape index (κ2) is 12.0. The van der Waals surface area contributed by atoms with Crippen molar-refractivity contribution in [2.24, 2.45) is 4.99 Å². The van der Waals surface area contributed by atoms with Gasteiger partial charge < -0.3 is 25.0 Å². The number of carbonyl (C=O) groups excluding carboxylic acids is 1. The third-order valence-electron chi connectivity index (χ3n) is 5.16. The van der Waals surface area contributed by atoms with E-state index in [4.69, 9.17) is 9.47 Å². The number of nitrogens with zero attached hydrogens (tertiary/aromatic N) is 2. The van der Waals surface area contributed by atoms with Crippen molar-refractivity contribution in [2.75, 3.05) is 33.9 Å². The van der Waals surface area contributed by atoms with Crippen LogP contribution < -0.4 is 20.1 Å². The molecule has 0 atom stereocenters. The second-order valence-electron chi connectivity index (χ2n) is 7.93. The van der Waals surface area contributed by atoms with Gasteiger partial charge in [0.1, 0.15) is 11.5 Å². The molecule has 172 valence electrons. The fourth-order valence-electron chi connectivity index (χ4n) is 3.31. The summed E-state index contributed by atoms with van der Waals surface area (Å²) < 4.78 is 11.1. The quantitative estimate of drug-likeness (QED) is 0.417. The maximum Gasteiger partial charge on any atom is 0.258 e. The summed E-state index contributed by atoms with van der Waals surface area (Å²) in [5, 5.41) is 6.33. The van der Waals surface area contributed by atoms with Crippen molar-refractivity contribution in [3.05, 3.63) is 59.7 Å². The average Bonchev–Trinajstić information content (AvgIpc) is 3.61. The third-order valence-corrected chi connectivity index (χ3v) is 5.16. The molecule has 1 amide bonds. The highest BCUT2D eigenvalue weighted by atomic mass is 16.5. The monoisotopic (exact) mass is 438 g/mol. The minimum atomic E-state index is -0.0542. The fourth-order valence-corrected chi connectivity index (χ4v) is 3.31. The van der Waals surface area contributed by atoms with Gasteiger partial charge in [0.25, 0.3) is 5.91 Å². The second-order valence-corrected chi connectivity index (χ2v) is 7.93. The van der Waals surface area contributed by atoms with Crippen LogP contribution in [0.15, 0.2) is 53.5 Å². The molecule has 7 heteroatoms. The number of aliphatic imine (C=N–C) groups is 1. The van der Waals surface area contributed by atoms with E-state index in [0.29, 0.717) is 18.4 Å². The van der Waals surface area contributed by atoms with Gasteiger partial charge in [0.05, 0.1) is 6.61 Å². The van der Waals surface area contributed by atoms with Crippen molar-refractivity contribution in [1.29, 1.82) is 0 Å². The zero-order valence-corrected chi connectivity index (χ0v) is 19.3. The number of ether oxygens (including phenoxy) is 2. The van der Waals surface area contributed by atoms with Crippen LogP contribution in [0.4, 0.5) is 0 Å². The summed E-state index contributed by atoms with van der Waals surface area (Å²) in [4.78, 5) is 18.2. The molecule has 0 aromatic heterocycles. The van der Waals surface area contributed by atoms with Gasteiger partial charge in [-0.15, -0.1) is 0 Å². The topological polar surface area (TPSA) is 75.2 Å². The summed E-state index contributed by atoms with van der Waals surface area (Å²) >= 11 is 0. The molecule has 0 saturated heterocycles. The summed E-state index contributed by atoms with van der Waals surface area (Å²) in [6, 6.07) is 16.4. The standard InChI is InChI=1S/C25H34N4O3/c1-4-31-22-13-7-20(8-14-22)17-29(3)25(26-2)27-16-15-19-5-11-23(12-6-19)32-18-24(30)28-21-9-10-21/h5-8,11-14,21H,4,9-10,15-18H2,1-3H3,(H,26,27)(H,28,30). The highest BCUT2D eigenvalue weighted by molar-refractivity contribution is 5.79. The third kappa shape index (κ3) is 7.80. The summed E-state index contributed by atoms with van der Waals surface area (Å²) in [5.74, 6) is 2.39. The molecule has 1 aliphatic carbocycles. The minimum absolute atomic E-state index is 0.0542. The van der Waals surface area contributed by atoms with E-state index in [9.17, 15) is 4.79 Å². The highest BCUT2D eigenvalue weighted by Gasteiger charge is 2.23. The first-order valence-electron chi connectivity index (χ1n) is 11.2. The van der Waals surface area contributed by atoms with E-state index in [1.165, 1.54) is 11.1 Å². The molecule has 0 aliphatic heterocycles. The molecule has 3 rings (SSSR count). The lowest BCUT2D eigenvalue weighted by atomic mass is 10.1. The Bertz CT molecular complexity index is 877. The van der Waals surface area contributed by atoms with E-state index in [2.05, 4.69) is 32.7 Å². The van der Waals surface area contributed by atoms with Crippen LogP contribution in [0.1, 0.15) is 30.9 Å². The first-order valence-corrected chi connectivity index (χ1v) is 11.2. The molecule has 0 unspecified atom stereocenters. The van der Waals surface area contributed by atoms with Gasteiger partial charge in [-0.3, -0.25) is 9.79 Å². The smallest absolute Gasteiger partial charge is 0.258 e. The van der Waals surface area contributed by atoms with Crippen LogP contribution in [0.5, 0.6) is 11.5 Å². The van der Waals surface area contributed by atoms with Gasteiger partial charge in [0.15, 0.2) is 12.6 Å². The predicted molar refractivity (Wildman–Crippen MR) is 127 cm³/mol. The lowest BCUT2D eigenvalue weighted by Gasteiger charge is -2.22. The molecule has 1 aliphatic rings. The van der Waals surface area contributed by atoms with E-state index >= 15 is 0 Å². The number of nitrogens with one attached hydrogen (secondary N) is 2. The first kappa shape index (κ1) is 23.4. The summed E-state index contributed by atoms with van der Waals surface area (Å²) in [6.45, 7) is 4.24. The molecule has 32 heavy (non-hydrogen) atoms. The zero-order chi connectivity index (χ0) is 22.8. The van der Waals surface area contributed by atoms with Gasteiger partial charge in [0.2, 0.25) is 0 Å². The Labute approximate surface area is 190 Å². The van der Waals surface area contributed by atoms with Gasteiger partial charge in [0, 0.05) is 33.2 Å². The molecular formula is C25H34N4O3. The molecule has 0 bridgehead atoms. The lowest BCUT2D eigenvalue weighted by Crippen LogP contribution is -2.39. The molecule has 2 aromatic rings. The number of hydrogen-bond donors (Lipinski definition) is 2. The molecule has 2 aromatic carbocycles. The number of hydrogen-bond acceptors (Lipinski definition) is 4. The van der Waals surface area contributed by atoms with Crippen molar-refractivity contribution in [3.63, 3.8) is 0 Å². The number of carbonyl (C=O) groups is 1. The Morgan fingerprint density at radius 3 is 2.25 bits per heavy atom. The van der Waals surface area contributed by atoms with E-state index in [1.54, 1.807) is 7.05 Å². The van der Waals surface area contributed by atoms with E-state index in [1.807, 2.05) is 50.4 Å². The summed E-state index contributed by atoms with van der Waals surface area (Å²) in [6.07, 6.45) is 3.02. The van der Waals surface area contributed by atoms with Gasteiger partial charge >= 0.3 is 0 Å². The Morgan fingerprint density at radius 2 is 1.66 bits per heavy atom. The number of guanidine groups is 1. The molecule has 0 heterocycles. The SMILES string of the molecule is CCOc1ccc(CN(C)C(=NC)NCCc2ccc(OCC(=O)NC3CC3)cc2)cc1. The normalized spacial score (nSPS) is 13.4. The van der Waals surface area contributed by atoms with Crippen molar-refractivity contribution < 1.29 is 14.3 Å². The van der Waals surface area contributed by atoms with Crippen LogP contribution in [0, 0.1) is 0 Å². The Hall–Kier alpha value is -3.22. The van der Waals surface area contributed by atoms with Crippen molar-refractivity contribution in [3.8, 4) is 11.5 Å². The Balaban J connectivity index is 1.39. The molecule has 0 radical (unpaired) electrons. The summed E-state index contributed by atoms with van der Waals surface area (Å²) in [7, 11) is 3.82. The van der Waals surface area contributed by atoms with E-state index < -0.39 is 0 Å². The first-order chi connectivity index (χ1) is 15.6. The lowest BCUT2D eigenvalue weighted by molar-refractivity contribution is -0.123. The molecule has 7 nitrogen and oxygen atoms in total. The van der Waals surface area contributed by atoms with Gasteiger partial charge in [-0.1, -0.05) is 24.3 Å². The fraction of sp³-hybridized carbons (Fsp3) is 0.440. The predicted octanol–water partition coefficient (Wildman–Crippen LogP) is 2.99. The van der Waals surface area contributed by atoms with Crippen LogP contribution in [-0.2, 0) is 17.8 Å². The zero-order valence-electron chi connectivity index (χ0n) is 19.3. The van der Waals surface area contributed by atoms with Crippen LogP contribution >= 0.6 is 0 Å². The number of benzene rings is 2. The van der Waals surface area contributed by atoms with Gasteiger partial charge in [-0.25, -0.2) is 0 Å². The van der Waals surface area contributed by atoms with Crippen LogP contribution in [0.25, 0.3) is 0 Å². The van der Waals surface area contributed by atoms with Crippen molar-refractivity contribution in [1.82, 2.24) is 15.5 Å². The summed E-state index contributed by atoms with van der Waals surface area (Å²) in [5.41, 5.74) is 2.39. The van der Waals surface area contributed by atoms with E-state index in [-0.39, 0.29) is 12.5 Å². The number of amides is 1. The maximum atomic E-state index is 11.7. The van der Waals surface area contributed by atoms with Crippen molar-refractivity contribution in [2.45, 2.75) is 38.8 Å². The Kier molecular flexibility index (Phi) is 8.78. The minimum Gasteiger partial charge on any atom is -0.494 e. The van der Waals surface area contributed by atoms with E-state index in [0.717, 1.165) is 44.1 Å². The highest BCUT2D eigenvalue weighted by Crippen LogP contribution is 2.18. The van der Waals surface area contributed by atoms with Crippen molar-refractivity contribution >= 4 is 11.9 Å². The van der Waals surface area contributed by atoms with Gasteiger partial charge in [-0.05, 0) is 61.6 Å². The number of rotatable bonds is 11. The molecule has 0 spiro atoms. The van der Waals surface area contributed by atoms with Crippen LogP contribution in [0.3, 0.4) is 0 Å². The average molecular weight is 439 g/mol. The molecule has 1 fully saturated rings. The largest absolute Gasteiger partial charge is 0.494 e. The molecule has 2 N–H and O–H groups in total. The van der Waals surface area contributed by atoms with Crippen LogP contribution in [-0.4, -0.2) is 56.7 Å². The Morgan fingerprint density at radius 1 is 1.03 bits per heavy atom. The van der Waals surface area contributed by atoms with Gasteiger partial charge in [-0.2, -0.15) is 0 Å². The maximum absolute atomic E-state index is 11.7. The molecular weight excluding hydrogens is 404 g/mol.